The minimum atomic E-state index is -0.279. The van der Waals surface area contributed by atoms with E-state index in [0.717, 1.165) is 15.8 Å². The van der Waals surface area contributed by atoms with E-state index in [-0.39, 0.29) is 12.3 Å². The Balaban J connectivity index is 2.91. The van der Waals surface area contributed by atoms with Gasteiger partial charge in [0, 0.05) is 32.8 Å². The predicted octanol–water partition coefficient (Wildman–Crippen LogP) is 2.93. The lowest BCUT2D eigenvalue weighted by Crippen LogP contribution is -2.34. The zero-order chi connectivity index (χ0) is 13.7. The lowest BCUT2D eigenvalue weighted by Gasteiger charge is -2.26. The summed E-state index contributed by atoms with van der Waals surface area (Å²) in [5.41, 5.74) is 2.16. The normalized spacial score (nSPS) is 12.6. The highest BCUT2D eigenvalue weighted by Crippen LogP contribution is 2.29. The van der Waals surface area contributed by atoms with Crippen molar-refractivity contribution in [3.63, 3.8) is 0 Å². The second kappa shape index (κ2) is 6.97. The lowest BCUT2D eigenvalue weighted by molar-refractivity contribution is -0.109. The fourth-order valence-corrected chi connectivity index (χ4v) is 2.19. The van der Waals surface area contributed by atoms with E-state index in [1.54, 1.807) is 14.2 Å². The summed E-state index contributed by atoms with van der Waals surface area (Å²) in [4.78, 5) is 2.07. The Bertz CT molecular complexity index is 381. The Hall–Kier alpha value is -0.780. The van der Waals surface area contributed by atoms with Gasteiger partial charge in [0.2, 0.25) is 0 Å². The van der Waals surface area contributed by atoms with Gasteiger partial charge in [-0.25, -0.2) is 0 Å². The number of nitrogens with zero attached hydrogens (tertiary/aromatic N) is 1. The summed E-state index contributed by atoms with van der Waals surface area (Å²) in [7, 11) is 7.31. The molecule has 102 valence electrons. The highest BCUT2D eigenvalue weighted by atomic mass is 79.9. The molecule has 1 N–H and O–H groups in total. The molecule has 0 aliphatic heterocycles. The summed E-state index contributed by atoms with van der Waals surface area (Å²) in [6.45, 7) is 2.03. The molecular weight excluding hydrogens is 296 g/mol. The van der Waals surface area contributed by atoms with Gasteiger partial charge in [-0.2, -0.15) is 0 Å². The third-order valence-corrected chi connectivity index (χ3v) is 3.19. The molecule has 0 radical (unpaired) electrons. The second-order valence-electron chi connectivity index (χ2n) is 4.33. The molecule has 1 aromatic rings. The maximum atomic E-state index is 5.25. The van der Waals surface area contributed by atoms with Gasteiger partial charge in [-0.1, -0.05) is 15.9 Å². The van der Waals surface area contributed by atoms with Crippen molar-refractivity contribution in [1.82, 2.24) is 0 Å². The number of anilines is 2. The monoisotopic (exact) mass is 316 g/mol. The van der Waals surface area contributed by atoms with Gasteiger partial charge in [-0.05, 0) is 25.1 Å². The van der Waals surface area contributed by atoms with E-state index in [2.05, 4.69) is 32.2 Å². The molecule has 1 atom stereocenters. The van der Waals surface area contributed by atoms with Crippen LogP contribution in [-0.4, -0.2) is 40.6 Å². The smallest absolute Gasteiger partial charge is 0.176 e. The molecule has 0 fully saturated rings. The van der Waals surface area contributed by atoms with Crippen LogP contribution in [0.5, 0.6) is 0 Å². The summed E-state index contributed by atoms with van der Waals surface area (Å²) in [6.07, 6.45) is -0.279. The Morgan fingerprint density at radius 1 is 1.22 bits per heavy atom. The van der Waals surface area contributed by atoms with Crippen LogP contribution < -0.4 is 10.2 Å². The van der Waals surface area contributed by atoms with Gasteiger partial charge in [0.1, 0.15) is 0 Å². The molecular formula is C13H21BrN2O2. The maximum Gasteiger partial charge on any atom is 0.176 e. The average Bonchev–Trinajstić information content (AvgIpc) is 2.30. The van der Waals surface area contributed by atoms with E-state index in [1.807, 2.05) is 33.2 Å². The molecule has 0 saturated carbocycles. The van der Waals surface area contributed by atoms with Crippen molar-refractivity contribution in [3.05, 3.63) is 22.7 Å². The number of hydrogen-bond acceptors (Lipinski definition) is 4. The van der Waals surface area contributed by atoms with Crippen LogP contribution >= 0.6 is 15.9 Å². The third-order valence-electron chi connectivity index (χ3n) is 2.70. The number of halogens is 1. The molecule has 1 unspecified atom stereocenters. The minimum absolute atomic E-state index is 0.0491. The topological polar surface area (TPSA) is 33.7 Å². The first kappa shape index (κ1) is 15.3. The lowest BCUT2D eigenvalue weighted by atomic mass is 10.2. The number of hydrogen-bond donors (Lipinski definition) is 1. The molecule has 1 rings (SSSR count). The van der Waals surface area contributed by atoms with E-state index in [4.69, 9.17) is 9.47 Å². The highest BCUT2D eigenvalue weighted by Gasteiger charge is 2.17. The molecule has 0 spiro atoms. The SMILES string of the molecule is COC(OC)C(C)Nc1cc(Br)ccc1N(C)C. The molecule has 0 aliphatic carbocycles. The van der Waals surface area contributed by atoms with Crippen LogP contribution in [0.15, 0.2) is 22.7 Å². The van der Waals surface area contributed by atoms with Crippen molar-refractivity contribution >= 4 is 27.3 Å². The van der Waals surface area contributed by atoms with Crippen LogP contribution in [0.2, 0.25) is 0 Å². The number of benzene rings is 1. The number of nitrogens with one attached hydrogen (secondary N) is 1. The van der Waals surface area contributed by atoms with Gasteiger partial charge in [-0.3, -0.25) is 0 Å². The Morgan fingerprint density at radius 3 is 2.33 bits per heavy atom. The zero-order valence-electron chi connectivity index (χ0n) is 11.5. The van der Waals surface area contributed by atoms with Gasteiger partial charge >= 0.3 is 0 Å². The van der Waals surface area contributed by atoms with Crippen LogP contribution in [0.3, 0.4) is 0 Å². The molecule has 4 nitrogen and oxygen atoms in total. The second-order valence-corrected chi connectivity index (χ2v) is 5.24. The first-order chi connectivity index (χ1) is 8.49. The van der Waals surface area contributed by atoms with Crippen LogP contribution in [0.1, 0.15) is 6.92 Å². The molecule has 18 heavy (non-hydrogen) atoms. The van der Waals surface area contributed by atoms with E-state index in [9.17, 15) is 0 Å². The van der Waals surface area contributed by atoms with E-state index in [1.165, 1.54) is 0 Å². The zero-order valence-corrected chi connectivity index (χ0v) is 13.1. The number of rotatable bonds is 6. The molecule has 0 aromatic heterocycles. The summed E-state index contributed by atoms with van der Waals surface area (Å²) in [6, 6.07) is 6.19. The fraction of sp³-hybridized carbons (Fsp3) is 0.538. The average molecular weight is 317 g/mol. The molecule has 0 saturated heterocycles. The molecule has 0 bridgehead atoms. The summed E-state index contributed by atoms with van der Waals surface area (Å²) >= 11 is 3.49. The van der Waals surface area contributed by atoms with Crippen molar-refractivity contribution in [2.75, 3.05) is 38.5 Å². The van der Waals surface area contributed by atoms with Gasteiger partial charge in [0.15, 0.2) is 6.29 Å². The van der Waals surface area contributed by atoms with Crippen LogP contribution in [0.25, 0.3) is 0 Å². The maximum absolute atomic E-state index is 5.25. The molecule has 0 heterocycles. The molecule has 0 aliphatic rings. The van der Waals surface area contributed by atoms with Gasteiger partial charge in [-0.15, -0.1) is 0 Å². The summed E-state index contributed by atoms with van der Waals surface area (Å²) in [5.74, 6) is 0. The van der Waals surface area contributed by atoms with Crippen molar-refractivity contribution in [2.45, 2.75) is 19.3 Å². The van der Waals surface area contributed by atoms with Gasteiger partial charge in [0.25, 0.3) is 0 Å². The van der Waals surface area contributed by atoms with Crippen molar-refractivity contribution in [2.24, 2.45) is 0 Å². The molecule has 0 amide bonds. The fourth-order valence-electron chi connectivity index (χ4n) is 1.83. The quantitative estimate of drug-likeness (QED) is 0.818. The van der Waals surface area contributed by atoms with Crippen LogP contribution in [-0.2, 0) is 9.47 Å². The molecule has 5 heteroatoms. The highest BCUT2D eigenvalue weighted by molar-refractivity contribution is 9.10. The number of ether oxygens (including phenoxy) is 2. The van der Waals surface area contributed by atoms with Crippen molar-refractivity contribution < 1.29 is 9.47 Å². The van der Waals surface area contributed by atoms with E-state index in [0.29, 0.717) is 0 Å². The van der Waals surface area contributed by atoms with Crippen molar-refractivity contribution in [1.29, 1.82) is 0 Å². The van der Waals surface area contributed by atoms with Crippen LogP contribution in [0, 0.1) is 0 Å². The first-order valence-corrected chi connectivity index (χ1v) is 6.58. The van der Waals surface area contributed by atoms with E-state index >= 15 is 0 Å². The van der Waals surface area contributed by atoms with E-state index < -0.39 is 0 Å². The third kappa shape index (κ3) is 3.86. The Labute approximate surface area is 117 Å². The van der Waals surface area contributed by atoms with Crippen LogP contribution in [0.4, 0.5) is 11.4 Å². The minimum Gasteiger partial charge on any atom is -0.376 e. The first-order valence-electron chi connectivity index (χ1n) is 5.78. The van der Waals surface area contributed by atoms with Crippen molar-refractivity contribution in [3.8, 4) is 0 Å². The summed E-state index contributed by atoms with van der Waals surface area (Å²) < 4.78 is 11.5. The Kier molecular flexibility index (Phi) is 5.91. The summed E-state index contributed by atoms with van der Waals surface area (Å²) in [5, 5.41) is 3.41. The number of methoxy groups -OCH3 is 2. The predicted molar refractivity (Wildman–Crippen MR) is 79.4 cm³/mol. The van der Waals surface area contributed by atoms with Gasteiger partial charge in [0.05, 0.1) is 17.4 Å². The van der Waals surface area contributed by atoms with Gasteiger partial charge < -0.3 is 19.7 Å². The Morgan fingerprint density at radius 2 is 1.83 bits per heavy atom. The largest absolute Gasteiger partial charge is 0.376 e. The standard InChI is InChI=1S/C13H21BrN2O2/c1-9(13(17-4)18-5)15-11-8-10(14)6-7-12(11)16(2)3/h6-9,13,15H,1-5H3. The molecule has 1 aromatic carbocycles.